The van der Waals surface area contributed by atoms with E-state index < -0.39 is 11.7 Å². The van der Waals surface area contributed by atoms with E-state index in [0.29, 0.717) is 24.4 Å². The third kappa shape index (κ3) is 6.20. The van der Waals surface area contributed by atoms with Crippen molar-refractivity contribution in [2.45, 2.75) is 13.0 Å². The van der Waals surface area contributed by atoms with Gasteiger partial charge in [0.2, 0.25) is 0 Å². The van der Waals surface area contributed by atoms with E-state index in [2.05, 4.69) is 22.3 Å². The highest BCUT2D eigenvalue weighted by Crippen LogP contribution is 2.21. The number of hydrogen-bond donors (Lipinski definition) is 1. The second-order valence-electron chi connectivity index (χ2n) is 8.22. The number of benzene rings is 3. The fraction of sp³-hybridized carbons (Fsp3) is 0.259. The molecule has 7 heteroatoms. The molecule has 0 unspecified atom stereocenters. The van der Waals surface area contributed by atoms with Gasteiger partial charge in [-0.1, -0.05) is 54.6 Å². The van der Waals surface area contributed by atoms with E-state index in [0.717, 1.165) is 26.1 Å². The molecule has 0 spiro atoms. The first-order valence-corrected chi connectivity index (χ1v) is 11.4. The molecule has 1 aliphatic heterocycles. The van der Waals surface area contributed by atoms with E-state index in [1.54, 1.807) is 36.4 Å². The summed E-state index contributed by atoms with van der Waals surface area (Å²) >= 11 is 0. The summed E-state index contributed by atoms with van der Waals surface area (Å²) in [7, 11) is 0. The van der Waals surface area contributed by atoms with Crippen LogP contribution in [0.25, 0.3) is 0 Å². The Hall–Kier alpha value is -3.71. The van der Waals surface area contributed by atoms with Gasteiger partial charge < -0.3 is 15.0 Å². The molecule has 1 heterocycles. The maximum Gasteiger partial charge on any atom is 0.262 e. The summed E-state index contributed by atoms with van der Waals surface area (Å²) in [5.41, 5.74) is 1.76. The number of halogens is 1. The van der Waals surface area contributed by atoms with Gasteiger partial charge in [-0.2, -0.15) is 0 Å². The van der Waals surface area contributed by atoms with Gasteiger partial charge in [-0.05, 0) is 36.2 Å². The van der Waals surface area contributed by atoms with Gasteiger partial charge in [0.05, 0.1) is 11.3 Å². The Balaban J connectivity index is 1.35. The zero-order valence-corrected chi connectivity index (χ0v) is 19.0. The molecule has 0 radical (unpaired) electrons. The number of amides is 2. The third-order valence-corrected chi connectivity index (χ3v) is 5.75. The predicted molar refractivity (Wildman–Crippen MR) is 129 cm³/mol. The minimum absolute atomic E-state index is 0.0880. The first kappa shape index (κ1) is 23.4. The van der Waals surface area contributed by atoms with Gasteiger partial charge in [0.15, 0.2) is 6.61 Å². The zero-order chi connectivity index (χ0) is 23.8. The van der Waals surface area contributed by atoms with Crippen molar-refractivity contribution in [2.75, 3.05) is 38.1 Å². The van der Waals surface area contributed by atoms with E-state index in [1.807, 2.05) is 23.1 Å². The molecule has 2 amide bonds. The van der Waals surface area contributed by atoms with Crippen molar-refractivity contribution in [3.05, 3.63) is 95.8 Å². The van der Waals surface area contributed by atoms with Crippen LogP contribution >= 0.6 is 0 Å². The normalized spacial score (nSPS) is 14.3. The number of nitrogens with one attached hydrogen (secondary N) is 1. The van der Waals surface area contributed by atoms with Crippen LogP contribution < -0.4 is 10.1 Å². The highest BCUT2D eigenvalue weighted by atomic mass is 19.1. The third-order valence-electron chi connectivity index (χ3n) is 5.75. The number of carbonyl (C=O) groups is 2. The first-order chi connectivity index (χ1) is 16.6. The van der Waals surface area contributed by atoms with Crippen molar-refractivity contribution in [3.8, 4) is 5.75 Å². The second-order valence-corrected chi connectivity index (χ2v) is 8.22. The van der Waals surface area contributed by atoms with Gasteiger partial charge in [-0.15, -0.1) is 0 Å². The molecular weight excluding hydrogens is 433 g/mol. The molecule has 1 aliphatic rings. The van der Waals surface area contributed by atoms with E-state index in [9.17, 15) is 14.0 Å². The Labute approximate surface area is 198 Å². The molecule has 0 atom stereocenters. The van der Waals surface area contributed by atoms with Crippen molar-refractivity contribution < 1.29 is 18.7 Å². The lowest BCUT2D eigenvalue weighted by Crippen LogP contribution is -2.35. The average molecular weight is 462 g/mol. The maximum absolute atomic E-state index is 13.8. The Morgan fingerprint density at radius 2 is 1.59 bits per heavy atom. The van der Waals surface area contributed by atoms with Crippen LogP contribution in [-0.2, 0) is 11.3 Å². The quantitative estimate of drug-likeness (QED) is 0.573. The summed E-state index contributed by atoms with van der Waals surface area (Å²) < 4.78 is 19.4. The molecule has 1 N–H and O–H groups in total. The summed E-state index contributed by atoms with van der Waals surface area (Å²) in [6.45, 7) is 3.52. The number of carbonyl (C=O) groups excluding carboxylic acids is 2. The Morgan fingerprint density at radius 3 is 2.41 bits per heavy atom. The van der Waals surface area contributed by atoms with Gasteiger partial charge >= 0.3 is 0 Å². The highest BCUT2D eigenvalue weighted by molar-refractivity contribution is 5.97. The number of anilines is 1. The molecule has 0 saturated carbocycles. The lowest BCUT2D eigenvalue weighted by atomic mass is 10.1. The van der Waals surface area contributed by atoms with Crippen LogP contribution in [-0.4, -0.2) is 54.4 Å². The second kappa shape index (κ2) is 11.4. The van der Waals surface area contributed by atoms with Gasteiger partial charge in [0.25, 0.3) is 11.8 Å². The van der Waals surface area contributed by atoms with Gasteiger partial charge in [0.1, 0.15) is 11.6 Å². The lowest BCUT2D eigenvalue weighted by molar-refractivity contribution is -0.118. The summed E-state index contributed by atoms with van der Waals surface area (Å²) in [6, 6.07) is 23.2. The molecule has 1 fully saturated rings. The van der Waals surface area contributed by atoms with Crippen molar-refractivity contribution in [1.29, 1.82) is 0 Å². The van der Waals surface area contributed by atoms with Crippen molar-refractivity contribution >= 4 is 17.5 Å². The fourth-order valence-electron chi connectivity index (χ4n) is 4.01. The molecule has 0 aromatic heterocycles. The molecule has 3 aromatic carbocycles. The van der Waals surface area contributed by atoms with E-state index in [-0.39, 0.29) is 18.2 Å². The van der Waals surface area contributed by atoms with Crippen molar-refractivity contribution in [2.24, 2.45) is 0 Å². The first-order valence-electron chi connectivity index (χ1n) is 11.4. The zero-order valence-electron chi connectivity index (χ0n) is 19.0. The molecule has 4 rings (SSSR count). The Bertz CT molecular complexity index is 1120. The molecule has 34 heavy (non-hydrogen) atoms. The lowest BCUT2D eigenvalue weighted by Gasteiger charge is -2.23. The molecule has 0 aliphatic carbocycles. The van der Waals surface area contributed by atoms with Crippen LogP contribution in [0.5, 0.6) is 5.75 Å². The molecule has 3 aromatic rings. The highest BCUT2D eigenvalue weighted by Gasteiger charge is 2.23. The van der Waals surface area contributed by atoms with Crippen LogP contribution in [0.3, 0.4) is 0 Å². The minimum atomic E-state index is -0.520. The molecular formula is C27H28FN3O3. The number of para-hydroxylation sites is 2. The topological polar surface area (TPSA) is 61.9 Å². The molecule has 1 saturated heterocycles. The Morgan fingerprint density at radius 1 is 0.853 bits per heavy atom. The van der Waals surface area contributed by atoms with E-state index in [4.69, 9.17) is 4.74 Å². The minimum Gasteiger partial charge on any atom is -0.483 e. The van der Waals surface area contributed by atoms with Gasteiger partial charge in [-0.3, -0.25) is 14.5 Å². The van der Waals surface area contributed by atoms with Crippen LogP contribution in [0.1, 0.15) is 22.3 Å². The number of nitrogens with zero attached hydrogens (tertiary/aromatic N) is 2. The molecule has 176 valence electrons. The summed E-state index contributed by atoms with van der Waals surface area (Å²) in [5.74, 6) is -0.805. The van der Waals surface area contributed by atoms with Crippen molar-refractivity contribution in [1.82, 2.24) is 9.80 Å². The van der Waals surface area contributed by atoms with Gasteiger partial charge in [-0.25, -0.2) is 4.39 Å². The van der Waals surface area contributed by atoms with Gasteiger partial charge in [0, 0.05) is 32.7 Å². The van der Waals surface area contributed by atoms with Crippen LogP contribution in [0, 0.1) is 5.82 Å². The summed E-state index contributed by atoms with van der Waals surface area (Å²) in [6.07, 6.45) is 0.882. The number of ether oxygens (including phenoxy) is 1. The van der Waals surface area contributed by atoms with Crippen LogP contribution in [0.2, 0.25) is 0 Å². The summed E-state index contributed by atoms with van der Waals surface area (Å²) in [5, 5.41) is 2.49. The average Bonchev–Trinajstić information content (AvgIpc) is 3.10. The SMILES string of the molecule is O=C(COc1ccccc1C(=O)N1CCCN(Cc2ccccc2)CC1)Nc1ccccc1F. The summed E-state index contributed by atoms with van der Waals surface area (Å²) in [4.78, 5) is 29.7. The predicted octanol–water partition coefficient (Wildman–Crippen LogP) is 4.19. The van der Waals surface area contributed by atoms with E-state index in [1.165, 1.54) is 17.7 Å². The number of hydrogen-bond acceptors (Lipinski definition) is 4. The Kier molecular flexibility index (Phi) is 7.88. The molecule has 0 bridgehead atoms. The smallest absolute Gasteiger partial charge is 0.262 e. The standard InChI is InChI=1S/C27H28FN3O3/c28-23-12-5-6-13-24(23)29-26(32)20-34-25-14-7-4-11-22(25)27(33)31-16-8-15-30(17-18-31)19-21-9-2-1-3-10-21/h1-7,9-14H,8,15-20H2,(H,29,32). The maximum atomic E-state index is 13.8. The van der Waals surface area contributed by atoms with Crippen LogP contribution in [0.15, 0.2) is 78.9 Å². The number of rotatable bonds is 7. The monoisotopic (exact) mass is 461 g/mol. The largest absolute Gasteiger partial charge is 0.483 e. The van der Waals surface area contributed by atoms with Crippen LogP contribution in [0.4, 0.5) is 10.1 Å². The fourth-order valence-corrected chi connectivity index (χ4v) is 4.01. The van der Waals surface area contributed by atoms with E-state index >= 15 is 0 Å². The van der Waals surface area contributed by atoms with Crippen molar-refractivity contribution in [3.63, 3.8) is 0 Å². The molecule has 6 nitrogen and oxygen atoms in total.